The molecular formula is C12H12N4O2S2. The number of nitrogens with two attached hydrogens (primary N) is 1. The van der Waals surface area contributed by atoms with Gasteiger partial charge in [-0.05, 0) is 30.7 Å². The Morgan fingerprint density at radius 1 is 1.30 bits per heavy atom. The molecule has 0 atom stereocenters. The predicted molar refractivity (Wildman–Crippen MR) is 79.9 cm³/mol. The van der Waals surface area contributed by atoms with Gasteiger partial charge in [-0.25, -0.2) is 23.1 Å². The van der Waals surface area contributed by atoms with Crippen molar-refractivity contribution >= 4 is 33.2 Å². The summed E-state index contributed by atoms with van der Waals surface area (Å²) < 4.78 is 26.7. The lowest BCUT2D eigenvalue weighted by molar-refractivity contribution is 0.600. The van der Waals surface area contributed by atoms with E-state index in [1.54, 1.807) is 19.1 Å². The van der Waals surface area contributed by atoms with Gasteiger partial charge < -0.3 is 5.73 Å². The molecule has 0 fully saturated rings. The number of anilines is 1. The number of benzene rings is 1. The number of nitrogens with zero attached hydrogens (tertiary/aromatic N) is 2. The molecule has 1 aromatic carbocycles. The lowest BCUT2D eigenvalue weighted by Crippen LogP contribution is -2.16. The molecule has 104 valence electrons. The van der Waals surface area contributed by atoms with Gasteiger partial charge in [0.2, 0.25) is 5.95 Å². The lowest BCUT2D eigenvalue weighted by Gasteiger charge is -2.09. The van der Waals surface area contributed by atoms with E-state index in [9.17, 15) is 8.42 Å². The van der Waals surface area contributed by atoms with Crippen LogP contribution < -0.4 is 10.5 Å². The average molecular weight is 308 g/mol. The summed E-state index contributed by atoms with van der Waals surface area (Å²) in [5.74, 6) is 0.0172. The van der Waals surface area contributed by atoms with Gasteiger partial charge in [0.15, 0.2) is 0 Å². The molecule has 6 nitrogen and oxygen atoms in total. The van der Waals surface area contributed by atoms with Crippen molar-refractivity contribution in [3.63, 3.8) is 0 Å². The van der Waals surface area contributed by atoms with Crippen LogP contribution in [0.4, 0.5) is 5.95 Å². The van der Waals surface area contributed by atoms with E-state index >= 15 is 0 Å². The fourth-order valence-electron chi connectivity index (χ4n) is 1.61. The van der Waals surface area contributed by atoms with Crippen LogP contribution >= 0.6 is 12.2 Å². The maximum atomic E-state index is 12.2. The Kier molecular flexibility index (Phi) is 3.96. The first-order valence-electron chi connectivity index (χ1n) is 5.60. The van der Waals surface area contributed by atoms with Crippen LogP contribution in [0.5, 0.6) is 0 Å². The topological polar surface area (TPSA) is 98.0 Å². The molecule has 0 saturated heterocycles. The number of rotatable bonds is 4. The minimum absolute atomic E-state index is 0.0172. The van der Waals surface area contributed by atoms with E-state index in [2.05, 4.69) is 14.7 Å². The van der Waals surface area contributed by atoms with Crippen molar-refractivity contribution in [2.75, 3.05) is 4.72 Å². The average Bonchev–Trinajstić information content (AvgIpc) is 2.38. The van der Waals surface area contributed by atoms with E-state index in [0.29, 0.717) is 11.1 Å². The quantitative estimate of drug-likeness (QED) is 0.824. The summed E-state index contributed by atoms with van der Waals surface area (Å²) in [5, 5.41) is 0. The normalized spacial score (nSPS) is 11.1. The van der Waals surface area contributed by atoms with Crippen molar-refractivity contribution in [1.29, 1.82) is 0 Å². The van der Waals surface area contributed by atoms with Crippen molar-refractivity contribution in [2.24, 2.45) is 5.73 Å². The van der Waals surface area contributed by atoms with E-state index in [4.69, 9.17) is 18.0 Å². The van der Waals surface area contributed by atoms with Crippen molar-refractivity contribution in [3.8, 4) is 0 Å². The van der Waals surface area contributed by atoms with Crippen molar-refractivity contribution in [2.45, 2.75) is 11.8 Å². The first-order valence-corrected chi connectivity index (χ1v) is 7.49. The summed E-state index contributed by atoms with van der Waals surface area (Å²) in [7, 11) is -3.74. The molecule has 0 unspecified atom stereocenters. The van der Waals surface area contributed by atoms with E-state index in [0.717, 1.165) is 0 Å². The Morgan fingerprint density at radius 3 is 2.50 bits per heavy atom. The number of hydrogen-bond donors (Lipinski definition) is 2. The molecule has 0 amide bonds. The first kappa shape index (κ1) is 14.4. The first-order chi connectivity index (χ1) is 9.40. The van der Waals surface area contributed by atoms with Crippen molar-refractivity contribution < 1.29 is 8.42 Å². The van der Waals surface area contributed by atoms with Crippen LogP contribution in [0, 0.1) is 6.92 Å². The highest BCUT2D eigenvalue weighted by molar-refractivity contribution is 7.92. The maximum Gasteiger partial charge on any atom is 0.264 e. The Balaban J connectivity index is 2.35. The smallest absolute Gasteiger partial charge is 0.264 e. The fraction of sp³-hybridized carbons (Fsp3) is 0.0833. The summed E-state index contributed by atoms with van der Waals surface area (Å²) in [4.78, 5) is 7.96. The zero-order chi connectivity index (χ0) is 14.8. The second kappa shape index (κ2) is 5.51. The molecular weight excluding hydrogens is 296 g/mol. The number of hydrogen-bond acceptors (Lipinski definition) is 5. The highest BCUT2D eigenvalue weighted by atomic mass is 32.2. The van der Waals surface area contributed by atoms with E-state index < -0.39 is 10.0 Å². The molecule has 8 heteroatoms. The Labute approximate surface area is 122 Å². The lowest BCUT2D eigenvalue weighted by atomic mass is 10.1. The molecule has 3 N–H and O–H groups in total. The van der Waals surface area contributed by atoms with Gasteiger partial charge in [-0.3, -0.25) is 0 Å². The summed E-state index contributed by atoms with van der Waals surface area (Å²) in [6.07, 6.45) is 2.90. The van der Waals surface area contributed by atoms with Gasteiger partial charge >= 0.3 is 0 Å². The zero-order valence-corrected chi connectivity index (χ0v) is 12.2. The number of aromatic nitrogens is 2. The zero-order valence-electron chi connectivity index (χ0n) is 10.6. The summed E-state index contributed by atoms with van der Waals surface area (Å²) in [5.41, 5.74) is 6.88. The minimum atomic E-state index is -3.74. The van der Waals surface area contributed by atoms with Crippen LogP contribution in [0.3, 0.4) is 0 Å². The number of nitrogens with one attached hydrogen (secondary N) is 1. The summed E-state index contributed by atoms with van der Waals surface area (Å²) in [6, 6.07) is 6.11. The van der Waals surface area contributed by atoms with Gasteiger partial charge in [0.05, 0.1) is 4.90 Å². The third-order valence-corrected chi connectivity index (χ3v) is 4.11. The third kappa shape index (κ3) is 3.09. The van der Waals surface area contributed by atoms with Gasteiger partial charge in [0, 0.05) is 18.0 Å². The molecule has 20 heavy (non-hydrogen) atoms. The molecule has 0 bridgehead atoms. The monoisotopic (exact) mass is 308 g/mol. The van der Waals surface area contributed by atoms with Crippen LogP contribution in [-0.2, 0) is 10.0 Å². The van der Waals surface area contributed by atoms with Crippen LogP contribution in [0.2, 0.25) is 0 Å². The van der Waals surface area contributed by atoms with Gasteiger partial charge in [-0.2, -0.15) is 0 Å². The SMILES string of the molecule is Cc1cc(S(=O)(=O)Nc2ncccn2)ccc1C(N)=S. The fourth-order valence-corrected chi connectivity index (χ4v) is 2.88. The van der Waals surface area contributed by atoms with E-state index in [1.165, 1.54) is 24.5 Å². The minimum Gasteiger partial charge on any atom is -0.389 e. The number of aryl methyl sites for hydroxylation is 1. The molecule has 0 saturated carbocycles. The van der Waals surface area contributed by atoms with Crippen LogP contribution in [0.15, 0.2) is 41.6 Å². The summed E-state index contributed by atoms with van der Waals surface area (Å²) >= 11 is 4.88. The summed E-state index contributed by atoms with van der Waals surface area (Å²) in [6.45, 7) is 1.74. The van der Waals surface area contributed by atoms with E-state index in [-0.39, 0.29) is 15.8 Å². The Morgan fingerprint density at radius 2 is 1.95 bits per heavy atom. The van der Waals surface area contributed by atoms with E-state index in [1.807, 2.05) is 0 Å². The number of thiocarbonyl (C=S) groups is 1. The largest absolute Gasteiger partial charge is 0.389 e. The standard InChI is InChI=1S/C12H12N4O2S2/c1-8-7-9(3-4-10(8)11(13)19)20(17,18)16-12-14-5-2-6-15-12/h2-7H,1H3,(H2,13,19)(H,14,15,16). The molecule has 0 aliphatic heterocycles. The molecule has 1 aromatic heterocycles. The second-order valence-electron chi connectivity index (χ2n) is 4.02. The molecule has 2 aromatic rings. The van der Waals surface area contributed by atoms with Crippen molar-refractivity contribution in [1.82, 2.24) is 9.97 Å². The Bertz CT molecular complexity index is 745. The van der Waals surface area contributed by atoms with Gasteiger partial charge in [-0.1, -0.05) is 18.3 Å². The van der Waals surface area contributed by atoms with Crippen LogP contribution in [-0.4, -0.2) is 23.4 Å². The molecule has 1 heterocycles. The molecule has 2 rings (SSSR count). The second-order valence-corrected chi connectivity index (χ2v) is 6.14. The van der Waals surface area contributed by atoms with Gasteiger partial charge in [0.25, 0.3) is 10.0 Å². The molecule has 0 radical (unpaired) electrons. The van der Waals surface area contributed by atoms with Crippen LogP contribution in [0.25, 0.3) is 0 Å². The molecule has 0 aliphatic rings. The van der Waals surface area contributed by atoms with Crippen molar-refractivity contribution in [3.05, 3.63) is 47.8 Å². The molecule has 0 spiro atoms. The maximum absolute atomic E-state index is 12.2. The van der Waals surface area contributed by atoms with Gasteiger partial charge in [0.1, 0.15) is 4.99 Å². The Hall–Kier alpha value is -2.06. The predicted octanol–water partition coefficient (Wildman–Crippen LogP) is 1.22. The van der Waals surface area contributed by atoms with Gasteiger partial charge in [-0.15, -0.1) is 0 Å². The highest BCUT2D eigenvalue weighted by Gasteiger charge is 2.16. The highest BCUT2D eigenvalue weighted by Crippen LogP contribution is 2.17. The molecule has 0 aliphatic carbocycles. The number of sulfonamides is 1. The third-order valence-electron chi connectivity index (χ3n) is 2.57. The van der Waals surface area contributed by atoms with Crippen LogP contribution in [0.1, 0.15) is 11.1 Å².